The van der Waals surface area contributed by atoms with E-state index in [-0.39, 0.29) is 5.66 Å². The van der Waals surface area contributed by atoms with Crippen LogP contribution in [0.3, 0.4) is 0 Å². The summed E-state index contributed by atoms with van der Waals surface area (Å²) in [6.07, 6.45) is 5.05. The summed E-state index contributed by atoms with van der Waals surface area (Å²) in [6, 6.07) is 31.8. The first kappa shape index (κ1) is 14.6. The molecule has 1 heterocycles. The fourth-order valence-electron chi connectivity index (χ4n) is 3.41. The minimum absolute atomic E-state index is 0.316. The third kappa shape index (κ3) is 2.56. The number of benzene rings is 3. The molecule has 0 saturated carbocycles. The highest BCUT2D eigenvalue weighted by molar-refractivity contribution is 5.56. The van der Waals surface area contributed by atoms with Crippen LogP contribution >= 0.6 is 0 Å². The van der Waals surface area contributed by atoms with E-state index in [9.17, 15) is 0 Å². The minimum atomic E-state index is -0.316. The largest absolute Gasteiger partial charge is 0.363 e. The Balaban J connectivity index is 1.82. The van der Waals surface area contributed by atoms with Crippen molar-refractivity contribution in [3.05, 3.63) is 115 Å². The average Bonchev–Trinajstić information content (AvgIpc) is 3.09. The first-order valence-corrected chi connectivity index (χ1v) is 8.27. The summed E-state index contributed by atoms with van der Waals surface area (Å²) in [5, 5.41) is 3.63. The molecule has 0 aliphatic carbocycles. The predicted octanol–water partition coefficient (Wildman–Crippen LogP) is 4.66. The number of rotatable bonds is 4. The zero-order valence-corrected chi connectivity index (χ0v) is 13.5. The van der Waals surface area contributed by atoms with Gasteiger partial charge in [0.25, 0.3) is 0 Å². The Morgan fingerprint density at radius 2 is 1.29 bits per heavy atom. The van der Waals surface area contributed by atoms with Crippen LogP contribution in [0.5, 0.6) is 0 Å². The van der Waals surface area contributed by atoms with Crippen LogP contribution in [0.4, 0.5) is 5.69 Å². The van der Waals surface area contributed by atoms with Gasteiger partial charge in [-0.1, -0.05) is 78.9 Å². The van der Waals surface area contributed by atoms with Gasteiger partial charge in [0, 0.05) is 24.5 Å². The van der Waals surface area contributed by atoms with Crippen LogP contribution in [0.2, 0.25) is 0 Å². The third-order valence-corrected chi connectivity index (χ3v) is 4.55. The molecule has 4 rings (SSSR count). The lowest BCUT2D eigenvalue weighted by Crippen LogP contribution is -2.50. The highest BCUT2D eigenvalue weighted by atomic mass is 15.3. The summed E-state index contributed by atoms with van der Waals surface area (Å²) in [4.78, 5) is 2.33. The second-order valence-electron chi connectivity index (χ2n) is 6.05. The molecule has 0 amide bonds. The highest BCUT2D eigenvalue weighted by Crippen LogP contribution is 2.37. The summed E-state index contributed by atoms with van der Waals surface area (Å²) >= 11 is 0. The molecule has 0 spiro atoms. The van der Waals surface area contributed by atoms with Crippen molar-refractivity contribution in [3.8, 4) is 0 Å². The molecule has 2 nitrogen and oxygen atoms in total. The Hall–Kier alpha value is -3.00. The van der Waals surface area contributed by atoms with E-state index in [1.54, 1.807) is 0 Å². The molecule has 0 saturated heterocycles. The van der Waals surface area contributed by atoms with E-state index < -0.39 is 0 Å². The molecule has 1 atom stereocenters. The van der Waals surface area contributed by atoms with Crippen LogP contribution in [0, 0.1) is 0 Å². The van der Waals surface area contributed by atoms with E-state index in [0.717, 1.165) is 6.42 Å². The van der Waals surface area contributed by atoms with Gasteiger partial charge in [-0.3, -0.25) is 0 Å². The second-order valence-corrected chi connectivity index (χ2v) is 6.05. The first-order valence-electron chi connectivity index (χ1n) is 8.27. The van der Waals surface area contributed by atoms with E-state index in [1.165, 1.54) is 16.8 Å². The quantitative estimate of drug-likeness (QED) is 0.753. The van der Waals surface area contributed by atoms with E-state index >= 15 is 0 Å². The van der Waals surface area contributed by atoms with E-state index in [1.807, 2.05) is 6.20 Å². The van der Waals surface area contributed by atoms with Crippen LogP contribution in [0.25, 0.3) is 0 Å². The topological polar surface area (TPSA) is 15.3 Å². The molecular weight excluding hydrogens is 292 g/mol. The molecule has 0 fully saturated rings. The molecular formula is C22H20N2. The number of hydrogen-bond acceptors (Lipinski definition) is 2. The van der Waals surface area contributed by atoms with Gasteiger partial charge < -0.3 is 10.2 Å². The molecule has 118 valence electrons. The molecule has 3 aromatic carbocycles. The molecule has 1 aliphatic heterocycles. The Labute approximate surface area is 143 Å². The third-order valence-electron chi connectivity index (χ3n) is 4.55. The van der Waals surface area contributed by atoms with Gasteiger partial charge in [-0.05, 0) is 23.3 Å². The van der Waals surface area contributed by atoms with Gasteiger partial charge in [0.15, 0.2) is 0 Å². The number of para-hydroxylation sites is 1. The summed E-state index contributed by atoms with van der Waals surface area (Å²) in [5.74, 6) is 0. The van der Waals surface area contributed by atoms with E-state index in [2.05, 4.69) is 107 Å². The number of anilines is 1. The lowest BCUT2D eigenvalue weighted by molar-refractivity contribution is 0.402. The predicted molar refractivity (Wildman–Crippen MR) is 99.5 cm³/mol. The van der Waals surface area contributed by atoms with Gasteiger partial charge in [0.1, 0.15) is 5.66 Å². The number of nitrogens with zero attached hydrogens (tertiary/aromatic N) is 1. The molecule has 1 N–H and O–H groups in total. The maximum absolute atomic E-state index is 3.63. The zero-order valence-electron chi connectivity index (χ0n) is 13.5. The fraction of sp³-hybridized carbons (Fsp3) is 0.0909. The second kappa shape index (κ2) is 6.25. The van der Waals surface area contributed by atoms with Gasteiger partial charge >= 0.3 is 0 Å². The minimum Gasteiger partial charge on any atom is -0.363 e. The lowest BCUT2D eigenvalue weighted by Gasteiger charge is -2.40. The van der Waals surface area contributed by atoms with Crippen LogP contribution in [-0.2, 0) is 12.1 Å². The van der Waals surface area contributed by atoms with E-state index in [0.29, 0.717) is 0 Å². The van der Waals surface area contributed by atoms with Gasteiger partial charge in [-0.2, -0.15) is 0 Å². The van der Waals surface area contributed by atoms with Crippen LogP contribution in [-0.4, -0.2) is 0 Å². The normalized spacial score (nSPS) is 19.2. The Morgan fingerprint density at radius 1 is 0.708 bits per heavy atom. The average molecular weight is 312 g/mol. The van der Waals surface area contributed by atoms with Crippen molar-refractivity contribution in [3.63, 3.8) is 0 Å². The summed E-state index contributed by atoms with van der Waals surface area (Å²) in [7, 11) is 0. The Kier molecular flexibility index (Phi) is 3.80. The molecule has 1 aliphatic rings. The number of hydrogen-bond donors (Lipinski definition) is 1. The summed E-state index contributed by atoms with van der Waals surface area (Å²) in [5.41, 5.74) is 3.42. The summed E-state index contributed by atoms with van der Waals surface area (Å²) in [6.45, 7) is 0. The maximum atomic E-state index is 3.63. The molecule has 2 heteroatoms. The van der Waals surface area contributed by atoms with Crippen LogP contribution < -0.4 is 10.2 Å². The standard InChI is InChI=1S/C22H20N2/c1-4-10-19(11-5-1)18-22(20-12-6-2-7-13-20)23-16-17-24(22)21-14-8-3-9-15-21/h1-17,23H,18H2. The first-order chi connectivity index (χ1) is 11.9. The van der Waals surface area contributed by atoms with Crippen molar-refractivity contribution in [1.29, 1.82) is 0 Å². The zero-order chi connectivity index (χ0) is 16.2. The van der Waals surface area contributed by atoms with Crippen molar-refractivity contribution >= 4 is 5.69 Å². The molecule has 1 unspecified atom stereocenters. The lowest BCUT2D eigenvalue weighted by atomic mass is 9.90. The van der Waals surface area contributed by atoms with Crippen molar-refractivity contribution in [1.82, 2.24) is 5.32 Å². The van der Waals surface area contributed by atoms with Gasteiger partial charge in [0.2, 0.25) is 0 Å². The van der Waals surface area contributed by atoms with E-state index in [4.69, 9.17) is 0 Å². The Morgan fingerprint density at radius 3 is 1.96 bits per heavy atom. The van der Waals surface area contributed by atoms with Gasteiger partial charge in [-0.15, -0.1) is 0 Å². The smallest absolute Gasteiger partial charge is 0.144 e. The van der Waals surface area contributed by atoms with Crippen molar-refractivity contribution in [2.75, 3.05) is 4.90 Å². The van der Waals surface area contributed by atoms with Crippen molar-refractivity contribution in [2.24, 2.45) is 0 Å². The molecule has 0 bridgehead atoms. The van der Waals surface area contributed by atoms with Crippen molar-refractivity contribution < 1.29 is 0 Å². The Bertz CT molecular complexity index is 812. The van der Waals surface area contributed by atoms with Crippen molar-refractivity contribution in [2.45, 2.75) is 12.1 Å². The highest BCUT2D eigenvalue weighted by Gasteiger charge is 2.40. The van der Waals surface area contributed by atoms with Gasteiger partial charge in [0.05, 0.1) is 0 Å². The molecule has 24 heavy (non-hydrogen) atoms. The number of nitrogens with one attached hydrogen (secondary N) is 1. The SMILES string of the molecule is C1=CN(c2ccccc2)C(Cc2ccccc2)(c2ccccc2)N1. The van der Waals surface area contributed by atoms with Crippen LogP contribution in [0.1, 0.15) is 11.1 Å². The summed E-state index contributed by atoms with van der Waals surface area (Å²) < 4.78 is 0. The maximum Gasteiger partial charge on any atom is 0.144 e. The molecule has 3 aromatic rings. The van der Waals surface area contributed by atoms with Gasteiger partial charge in [-0.25, -0.2) is 0 Å². The molecule has 0 aromatic heterocycles. The monoisotopic (exact) mass is 312 g/mol. The fourth-order valence-corrected chi connectivity index (χ4v) is 3.41. The van der Waals surface area contributed by atoms with Crippen LogP contribution in [0.15, 0.2) is 103 Å². The molecule has 0 radical (unpaired) electrons.